The average molecular weight is 366 g/mol. The number of ether oxygens (including phenoxy) is 4. The summed E-state index contributed by atoms with van der Waals surface area (Å²) >= 11 is 2.59. The van der Waals surface area contributed by atoms with Gasteiger partial charge in [0.2, 0.25) is 0 Å². The van der Waals surface area contributed by atoms with E-state index in [1.807, 2.05) is 0 Å². The highest BCUT2D eigenvalue weighted by atomic mass is 32.1. The molecule has 4 heterocycles. The van der Waals surface area contributed by atoms with Gasteiger partial charge in [0.25, 0.3) is 0 Å². The smallest absolute Gasteiger partial charge is 0.182 e. The fourth-order valence-corrected chi connectivity index (χ4v) is 4.36. The Morgan fingerprint density at radius 3 is 1.62 bits per heavy atom. The van der Waals surface area contributed by atoms with Gasteiger partial charge in [-0.05, 0) is 0 Å². The molecule has 0 aliphatic carbocycles. The molecule has 0 saturated heterocycles. The van der Waals surface area contributed by atoms with Gasteiger partial charge in [-0.15, -0.1) is 22.7 Å². The molecule has 2 aromatic rings. The minimum absolute atomic E-state index is 0.109. The Morgan fingerprint density at radius 1 is 0.750 bits per heavy atom. The summed E-state index contributed by atoms with van der Waals surface area (Å²) in [4.78, 5) is 25.9. The second kappa shape index (κ2) is 6.45. The second-order valence-corrected chi connectivity index (χ2v) is 7.02. The molecule has 126 valence electrons. The molecule has 0 saturated carbocycles. The average Bonchev–Trinajstić information content (AvgIpc) is 3.23. The van der Waals surface area contributed by atoms with Crippen molar-refractivity contribution in [1.82, 2.24) is 0 Å². The molecule has 0 spiro atoms. The Balaban J connectivity index is 1.43. The predicted molar refractivity (Wildman–Crippen MR) is 88.5 cm³/mol. The minimum atomic E-state index is -0.109. The van der Waals surface area contributed by atoms with Crippen LogP contribution in [0.15, 0.2) is 10.8 Å². The van der Waals surface area contributed by atoms with E-state index in [0.29, 0.717) is 59.2 Å². The summed E-state index contributed by atoms with van der Waals surface area (Å²) in [5.41, 5.74) is 0. The van der Waals surface area contributed by atoms with Crippen LogP contribution in [0.2, 0.25) is 0 Å². The maximum absolute atomic E-state index is 12.4. The minimum Gasteiger partial charge on any atom is -0.485 e. The van der Waals surface area contributed by atoms with Crippen molar-refractivity contribution >= 4 is 34.2 Å². The third-order valence-corrected chi connectivity index (χ3v) is 5.65. The highest BCUT2D eigenvalue weighted by molar-refractivity contribution is 7.13. The quantitative estimate of drug-likeness (QED) is 0.757. The lowest BCUT2D eigenvalue weighted by Gasteiger charge is -2.16. The van der Waals surface area contributed by atoms with Crippen LogP contribution in [0.5, 0.6) is 23.0 Å². The second-order valence-electron chi connectivity index (χ2n) is 5.26. The predicted octanol–water partition coefficient (Wildman–Crippen LogP) is 3.20. The van der Waals surface area contributed by atoms with E-state index in [4.69, 9.17) is 18.9 Å². The SMILES string of the molecule is O=C(CCC(=O)c1scc2c1OCCO2)c1scc2c1OCCO2. The summed E-state index contributed by atoms with van der Waals surface area (Å²) in [6.45, 7) is 1.84. The number of rotatable bonds is 5. The van der Waals surface area contributed by atoms with Crippen molar-refractivity contribution in [3.8, 4) is 23.0 Å². The molecule has 4 rings (SSSR count). The molecule has 8 heteroatoms. The zero-order valence-electron chi connectivity index (χ0n) is 12.7. The summed E-state index contributed by atoms with van der Waals surface area (Å²) < 4.78 is 21.9. The molecular weight excluding hydrogens is 352 g/mol. The number of ketones is 2. The van der Waals surface area contributed by atoms with Crippen molar-refractivity contribution in [2.24, 2.45) is 0 Å². The molecular formula is C16H14O6S2. The Bertz CT molecular complexity index is 724. The van der Waals surface area contributed by atoms with Gasteiger partial charge in [-0.3, -0.25) is 9.59 Å². The molecule has 24 heavy (non-hydrogen) atoms. The standard InChI is InChI=1S/C16H14O6S2/c17-9(15-13-11(7-23-15)19-3-5-21-13)1-2-10(18)16-14-12(8-24-16)20-4-6-22-14/h7-8H,1-6H2. The van der Waals surface area contributed by atoms with Crippen LogP contribution < -0.4 is 18.9 Å². The van der Waals surface area contributed by atoms with Crippen LogP contribution in [0, 0.1) is 0 Å². The highest BCUT2D eigenvalue weighted by Crippen LogP contribution is 2.41. The van der Waals surface area contributed by atoms with E-state index < -0.39 is 0 Å². The van der Waals surface area contributed by atoms with Crippen molar-refractivity contribution in [1.29, 1.82) is 0 Å². The summed E-state index contributed by atoms with van der Waals surface area (Å²) in [7, 11) is 0. The van der Waals surface area contributed by atoms with Crippen LogP contribution in [0.3, 0.4) is 0 Å². The van der Waals surface area contributed by atoms with Crippen LogP contribution in [-0.2, 0) is 0 Å². The highest BCUT2D eigenvalue weighted by Gasteiger charge is 2.26. The molecule has 2 aromatic heterocycles. The van der Waals surface area contributed by atoms with Gasteiger partial charge < -0.3 is 18.9 Å². The molecule has 0 radical (unpaired) electrons. The number of hydrogen-bond donors (Lipinski definition) is 0. The fraction of sp³-hybridized carbons (Fsp3) is 0.375. The van der Waals surface area contributed by atoms with E-state index in [9.17, 15) is 9.59 Å². The fourth-order valence-electron chi connectivity index (χ4n) is 2.56. The van der Waals surface area contributed by atoms with Crippen molar-refractivity contribution in [3.05, 3.63) is 20.5 Å². The van der Waals surface area contributed by atoms with Gasteiger partial charge in [-0.25, -0.2) is 0 Å². The zero-order valence-corrected chi connectivity index (χ0v) is 14.3. The van der Waals surface area contributed by atoms with E-state index in [-0.39, 0.29) is 24.4 Å². The summed E-state index contributed by atoms with van der Waals surface area (Å²) in [6, 6.07) is 0. The normalized spacial score (nSPS) is 15.2. The molecule has 2 aliphatic rings. The van der Waals surface area contributed by atoms with Gasteiger partial charge in [0.05, 0.1) is 0 Å². The van der Waals surface area contributed by atoms with Crippen LogP contribution in [0.25, 0.3) is 0 Å². The van der Waals surface area contributed by atoms with E-state index in [2.05, 4.69) is 0 Å². The van der Waals surface area contributed by atoms with E-state index >= 15 is 0 Å². The Labute approximate surface area is 145 Å². The number of hydrogen-bond acceptors (Lipinski definition) is 8. The van der Waals surface area contributed by atoms with Crippen LogP contribution in [0.4, 0.5) is 0 Å². The first-order valence-electron chi connectivity index (χ1n) is 7.54. The first kappa shape index (κ1) is 15.5. The molecule has 0 unspecified atom stereocenters. The summed E-state index contributed by atoms with van der Waals surface area (Å²) in [6.07, 6.45) is 0.255. The van der Waals surface area contributed by atoms with Crippen molar-refractivity contribution < 1.29 is 28.5 Å². The Morgan fingerprint density at radius 2 is 1.17 bits per heavy atom. The number of Topliss-reactive ketones (excluding diaryl/α,β-unsaturated/α-hetero) is 2. The van der Waals surface area contributed by atoms with Gasteiger partial charge in [0.1, 0.15) is 36.2 Å². The Hall–Kier alpha value is -2.06. The van der Waals surface area contributed by atoms with E-state index in [1.165, 1.54) is 22.7 Å². The number of carbonyl (C=O) groups excluding carboxylic acids is 2. The summed E-state index contributed by atoms with van der Waals surface area (Å²) in [5.74, 6) is 2.02. The first-order chi connectivity index (χ1) is 11.7. The number of fused-ring (bicyclic) bond motifs is 2. The van der Waals surface area contributed by atoms with Crippen molar-refractivity contribution in [2.45, 2.75) is 12.8 Å². The third kappa shape index (κ3) is 2.76. The molecule has 2 aliphatic heterocycles. The summed E-state index contributed by atoms with van der Waals surface area (Å²) in [5, 5.41) is 3.54. The van der Waals surface area contributed by atoms with Crippen LogP contribution >= 0.6 is 22.7 Å². The first-order valence-corrected chi connectivity index (χ1v) is 9.30. The largest absolute Gasteiger partial charge is 0.485 e. The van der Waals surface area contributed by atoms with E-state index in [1.54, 1.807) is 10.8 Å². The van der Waals surface area contributed by atoms with Crippen molar-refractivity contribution in [2.75, 3.05) is 26.4 Å². The van der Waals surface area contributed by atoms with Gasteiger partial charge >= 0.3 is 0 Å². The molecule has 0 atom stereocenters. The lowest BCUT2D eigenvalue weighted by atomic mass is 10.1. The van der Waals surface area contributed by atoms with Gasteiger partial charge in [0, 0.05) is 23.6 Å². The van der Waals surface area contributed by atoms with Crippen molar-refractivity contribution in [3.63, 3.8) is 0 Å². The number of carbonyl (C=O) groups is 2. The topological polar surface area (TPSA) is 71.1 Å². The molecule has 0 fully saturated rings. The Kier molecular flexibility index (Phi) is 4.15. The monoisotopic (exact) mass is 366 g/mol. The molecule has 0 bridgehead atoms. The third-order valence-electron chi connectivity index (χ3n) is 3.69. The molecule has 0 aromatic carbocycles. The zero-order chi connectivity index (χ0) is 16.5. The van der Waals surface area contributed by atoms with E-state index in [0.717, 1.165) is 0 Å². The maximum atomic E-state index is 12.4. The van der Waals surface area contributed by atoms with Crippen LogP contribution in [0.1, 0.15) is 32.2 Å². The van der Waals surface area contributed by atoms with Crippen LogP contribution in [-0.4, -0.2) is 38.0 Å². The molecule has 0 N–H and O–H groups in total. The van der Waals surface area contributed by atoms with Gasteiger partial charge in [0.15, 0.2) is 34.6 Å². The lowest BCUT2D eigenvalue weighted by Crippen LogP contribution is -2.16. The molecule has 6 nitrogen and oxygen atoms in total. The number of thiophene rings is 2. The maximum Gasteiger partial charge on any atom is 0.182 e. The van der Waals surface area contributed by atoms with Gasteiger partial charge in [-0.1, -0.05) is 0 Å². The lowest BCUT2D eigenvalue weighted by molar-refractivity contribution is 0.0912. The molecule has 0 amide bonds. The van der Waals surface area contributed by atoms with Gasteiger partial charge in [-0.2, -0.15) is 0 Å².